The zero-order valence-corrected chi connectivity index (χ0v) is 12.4. The van der Waals surface area contributed by atoms with E-state index in [-0.39, 0.29) is 0 Å². The molecule has 3 heteroatoms. The van der Waals surface area contributed by atoms with Crippen molar-refractivity contribution < 1.29 is 0 Å². The molecule has 0 atom stereocenters. The summed E-state index contributed by atoms with van der Waals surface area (Å²) in [6.45, 7) is 6.42. The van der Waals surface area contributed by atoms with Crippen LogP contribution in [-0.4, -0.2) is 6.54 Å². The summed E-state index contributed by atoms with van der Waals surface area (Å²) in [7, 11) is 0. The van der Waals surface area contributed by atoms with Crippen molar-refractivity contribution in [2.75, 3.05) is 6.54 Å². The quantitative estimate of drug-likeness (QED) is 0.770. The van der Waals surface area contributed by atoms with Crippen LogP contribution in [-0.2, 0) is 6.54 Å². The van der Waals surface area contributed by atoms with Gasteiger partial charge in [-0.2, -0.15) is 0 Å². The first kappa shape index (κ1) is 13.6. The highest BCUT2D eigenvalue weighted by atomic mass is 35.5. The standard InChI is InChI=1S/C15H18ClNS/c1-3-8-17-9-13-10-18-15(11(13)2)12-4-6-14(16)7-5-12/h4-7,10,17H,3,8-9H2,1-2H3. The minimum absolute atomic E-state index is 0.790. The second-order valence-corrected chi connectivity index (χ2v) is 5.71. The fourth-order valence-electron chi connectivity index (χ4n) is 1.91. The highest BCUT2D eigenvalue weighted by Crippen LogP contribution is 2.32. The molecule has 2 aromatic rings. The van der Waals surface area contributed by atoms with Crippen LogP contribution in [0.2, 0.25) is 5.02 Å². The molecule has 0 radical (unpaired) electrons. The van der Waals surface area contributed by atoms with Crippen LogP contribution in [0.4, 0.5) is 0 Å². The molecule has 0 aliphatic heterocycles. The van der Waals surface area contributed by atoms with Gasteiger partial charge in [-0.05, 0) is 54.1 Å². The second kappa shape index (κ2) is 6.37. The summed E-state index contributed by atoms with van der Waals surface area (Å²) in [6, 6.07) is 8.07. The fourth-order valence-corrected chi connectivity index (χ4v) is 3.14. The van der Waals surface area contributed by atoms with Crippen molar-refractivity contribution in [1.82, 2.24) is 5.32 Å². The Labute approximate surface area is 118 Å². The molecule has 0 aliphatic rings. The lowest BCUT2D eigenvalue weighted by molar-refractivity contribution is 0.675. The van der Waals surface area contributed by atoms with Crippen molar-refractivity contribution in [2.24, 2.45) is 0 Å². The lowest BCUT2D eigenvalue weighted by Crippen LogP contribution is -2.13. The minimum Gasteiger partial charge on any atom is -0.313 e. The summed E-state index contributed by atoms with van der Waals surface area (Å²) in [5.74, 6) is 0. The zero-order chi connectivity index (χ0) is 13.0. The second-order valence-electron chi connectivity index (χ2n) is 4.40. The van der Waals surface area contributed by atoms with Gasteiger partial charge in [0.05, 0.1) is 0 Å². The van der Waals surface area contributed by atoms with Gasteiger partial charge in [-0.15, -0.1) is 11.3 Å². The van der Waals surface area contributed by atoms with Gasteiger partial charge in [0.1, 0.15) is 0 Å². The van der Waals surface area contributed by atoms with E-state index in [2.05, 4.69) is 36.7 Å². The first-order valence-corrected chi connectivity index (χ1v) is 7.51. The third kappa shape index (κ3) is 3.14. The van der Waals surface area contributed by atoms with Crippen molar-refractivity contribution >= 4 is 22.9 Å². The first-order valence-electron chi connectivity index (χ1n) is 6.26. The van der Waals surface area contributed by atoms with Gasteiger partial charge in [-0.25, -0.2) is 0 Å². The number of halogens is 1. The van der Waals surface area contributed by atoms with Crippen LogP contribution >= 0.6 is 22.9 Å². The third-order valence-corrected chi connectivity index (χ3v) is 4.42. The normalized spacial score (nSPS) is 10.8. The van der Waals surface area contributed by atoms with Gasteiger partial charge in [0.15, 0.2) is 0 Å². The molecule has 1 aromatic heterocycles. The van der Waals surface area contributed by atoms with E-state index in [1.54, 1.807) is 0 Å². The van der Waals surface area contributed by atoms with Gasteiger partial charge in [0.2, 0.25) is 0 Å². The molecule has 0 saturated heterocycles. The van der Waals surface area contributed by atoms with Crippen molar-refractivity contribution in [3.8, 4) is 10.4 Å². The number of benzene rings is 1. The van der Waals surface area contributed by atoms with Gasteiger partial charge in [0, 0.05) is 16.4 Å². The predicted molar refractivity (Wildman–Crippen MR) is 81.5 cm³/mol. The van der Waals surface area contributed by atoms with E-state index in [9.17, 15) is 0 Å². The van der Waals surface area contributed by atoms with E-state index in [0.717, 1.165) is 18.1 Å². The molecule has 1 nitrogen and oxygen atoms in total. The molecular formula is C15H18ClNS. The summed E-state index contributed by atoms with van der Waals surface area (Å²) in [6.07, 6.45) is 1.17. The Morgan fingerprint density at radius 2 is 1.94 bits per heavy atom. The smallest absolute Gasteiger partial charge is 0.0406 e. The number of nitrogens with one attached hydrogen (secondary N) is 1. The SMILES string of the molecule is CCCNCc1csc(-c2ccc(Cl)cc2)c1C. The maximum Gasteiger partial charge on any atom is 0.0406 e. The summed E-state index contributed by atoms with van der Waals surface area (Å²) in [5.41, 5.74) is 4.04. The molecule has 0 amide bonds. The lowest BCUT2D eigenvalue weighted by atomic mass is 10.1. The van der Waals surface area contributed by atoms with Gasteiger partial charge >= 0.3 is 0 Å². The summed E-state index contributed by atoms with van der Waals surface area (Å²) in [5, 5.41) is 6.49. The molecule has 96 valence electrons. The van der Waals surface area contributed by atoms with E-state index in [0.29, 0.717) is 0 Å². The molecule has 0 bridgehead atoms. The molecular weight excluding hydrogens is 262 g/mol. The van der Waals surface area contributed by atoms with Gasteiger partial charge < -0.3 is 5.32 Å². The van der Waals surface area contributed by atoms with E-state index >= 15 is 0 Å². The Bertz CT molecular complexity index is 502. The van der Waals surface area contributed by atoms with Crippen LogP contribution in [0, 0.1) is 6.92 Å². The summed E-state index contributed by atoms with van der Waals surface area (Å²) in [4.78, 5) is 1.35. The molecule has 2 rings (SSSR count). The summed E-state index contributed by atoms with van der Waals surface area (Å²) >= 11 is 7.73. The van der Waals surface area contributed by atoms with Gasteiger partial charge in [0.25, 0.3) is 0 Å². The molecule has 0 spiro atoms. The molecule has 0 saturated carbocycles. The zero-order valence-electron chi connectivity index (χ0n) is 10.8. The Morgan fingerprint density at radius 1 is 1.22 bits per heavy atom. The van der Waals surface area contributed by atoms with Crippen LogP contribution in [0.3, 0.4) is 0 Å². The molecule has 0 unspecified atom stereocenters. The Kier molecular flexibility index (Phi) is 4.81. The fraction of sp³-hybridized carbons (Fsp3) is 0.333. The van der Waals surface area contributed by atoms with Crippen LogP contribution in [0.15, 0.2) is 29.6 Å². The van der Waals surface area contributed by atoms with E-state index < -0.39 is 0 Å². The number of hydrogen-bond donors (Lipinski definition) is 1. The molecule has 0 aliphatic carbocycles. The third-order valence-electron chi connectivity index (χ3n) is 2.99. The lowest BCUT2D eigenvalue weighted by Gasteiger charge is -2.04. The van der Waals surface area contributed by atoms with Crippen LogP contribution in [0.1, 0.15) is 24.5 Å². The largest absolute Gasteiger partial charge is 0.313 e. The maximum atomic E-state index is 5.92. The van der Waals surface area contributed by atoms with Crippen LogP contribution in [0.5, 0.6) is 0 Å². The molecule has 1 heterocycles. The Morgan fingerprint density at radius 3 is 2.61 bits per heavy atom. The number of rotatable bonds is 5. The van der Waals surface area contributed by atoms with Crippen LogP contribution < -0.4 is 5.32 Å². The highest BCUT2D eigenvalue weighted by molar-refractivity contribution is 7.14. The maximum absolute atomic E-state index is 5.92. The molecule has 1 aromatic carbocycles. The van der Waals surface area contributed by atoms with E-state index in [1.807, 2.05) is 23.5 Å². The topological polar surface area (TPSA) is 12.0 Å². The van der Waals surface area contributed by atoms with Crippen molar-refractivity contribution in [2.45, 2.75) is 26.8 Å². The Hall–Kier alpha value is -0.830. The van der Waals surface area contributed by atoms with Crippen molar-refractivity contribution in [1.29, 1.82) is 0 Å². The predicted octanol–water partition coefficient (Wildman–Crippen LogP) is 4.88. The number of hydrogen-bond acceptors (Lipinski definition) is 2. The van der Waals surface area contributed by atoms with Crippen molar-refractivity contribution in [3.63, 3.8) is 0 Å². The minimum atomic E-state index is 0.790. The first-order chi connectivity index (χ1) is 8.72. The van der Waals surface area contributed by atoms with E-state index in [4.69, 9.17) is 11.6 Å². The monoisotopic (exact) mass is 279 g/mol. The molecule has 18 heavy (non-hydrogen) atoms. The highest BCUT2D eigenvalue weighted by Gasteiger charge is 2.08. The van der Waals surface area contributed by atoms with E-state index in [1.165, 1.54) is 28.0 Å². The van der Waals surface area contributed by atoms with Crippen LogP contribution in [0.25, 0.3) is 10.4 Å². The number of thiophene rings is 1. The average molecular weight is 280 g/mol. The van der Waals surface area contributed by atoms with Gasteiger partial charge in [-0.1, -0.05) is 30.7 Å². The summed E-state index contributed by atoms with van der Waals surface area (Å²) < 4.78 is 0. The average Bonchev–Trinajstić information content (AvgIpc) is 2.73. The van der Waals surface area contributed by atoms with Crippen molar-refractivity contribution in [3.05, 3.63) is 45.8 Å². The van der Waals surface area contributed by atoms with Gasteiger partial charge in [-0.3, -0.25) is 0 Å². The molecule has 0 fully saturated rings. The Balaban J connectivity index is 2.17. The molecule has 1 N–H and O–H groups in total.